The first-order valence-corrected chi connectivity index (χ1v) is 9.84. The lowest BCUT2D eigenvalue weighted by Gasteiger charge is -2.32. The molecule has 0 radical (unpaired) electrons. The predicted molar refractivity (Wildman–Crippen MR) is 115 cm³/mol. The summed E-state index contributed by atoms with van der Waals surface area (Å²) < 4.78 is 0. The van der Waals surface area contributed by atoms with Crippen molar-refractivity contribution in [3.63, 3.8) is 0 Å². The van der Waals surface area contributed by atoms with Gasteiger partial charge in [-0.2, -0.15) is 0 Å². The SMILES string of the molecule is Cc1ccc(-c2ccc(Nc3ccc(C(=O)N4CCN(C)CC4)cc3)nn2)cc1. The number of hydrogen-bond donors (Lipinski definition) is 1. The van der Waals surface area contributed by atoms with Gasteiger partial charge in [0.25, 0.3) is 5.91 Å². The van der Waals surface area contributed by atoms with Crippen molar-refractivity contribution in [2.24, 2.45) is 0 Å². The van der Waals surface area contributed by atoms with Crippen molar-refractivity contribution >= 4 is 17.4 Å². The summed E-state index contributed by atoms with van der Waals surface area (Å²) in [5, 5.41) is 11.8. The highest BCUT2D eigenvalue weighted by atomic mass is 16.2. The Bertz CT molecular complexity index is 960. The van der Waals surface area contributed by atoms with E-state index in [4.69, 9.17) is 0 Å². The quantitative estimate of drug-likeness (QED) is 0.741. The maximum Gasteiger partial charge on any atom is 0.253 e. The summed E-state index contributed by atoms with van der Waals surface area (Å²) in [6, 6.07) is 19.6. The largest absolute Gasteiger partial charge is 0.339 e. The number of carbonyl (C=O) groups excluding carboxylic acids is 1. The number of aromatic nitrogens is 2. The van der Waals surface area contributed by atoms with Crippen molar-refractivity contribution in [2.75, 3.05) is 38.5 Å². The van der Waals surface area contributed by atoms with Crippen LogP contribution in [0.15, 0.2) is 60.7 Å². The molecule has 0 bridgehead atoms. The van der Waals surface area contributed by atoms with Crippen molar-refractivity contribution < 1.29 is 4.79 Å². The first-order valence-electron chi connectivity index (χ1n) is 9.84. The van der Waals surface area contributed by atoms with Crippen molar-refractivity contribution in [3.8, 4) is 11.3 Å². The number of benzene rings is 2. The first kappa shape index (κ1) is 19.1. The number of rotatable bonds is 4. The van der Waals surface area contributed by atoms with Crippen LogP contribution < -0.4 is 5.32 Å². The minimum atomic E-state index is 0.0897. The molecule has 3 aromatic rings. The summed E-state index contributed by atoms with van der Waals surface area (Å²) in [6.45, 7) is 5.45. The number of aryl methyl sites for hydroxylation is 1. The summed E-state index contributed by atoms with van der Waals surface area (Å²) in [6.07, 6.45) is 0. The minimum absolute atomic E-state index is 0.0897. The Balaban J connectivity index is 1.39. The molecule has 0 spiro atoms. The number of nitrogens with zero attached hydrogens (tertiary/aromatic N) is 4. The fourth-order valence-electron chi connectivity index (χ4n) is 3.31. The van der Waals surface area contributed by atoms with Gasteiger partial charge in [0.15, 0.2) is 5.82 Å². The van der Waals surface area contributed by atoms with Crippen LogP contribution >= 0.6 is 0 Å². The van der Waals surface area contributed by atoms with Gasteiger partial charge in [0.05, 0.1) is 5.69 Å². The Morgan fingerprint density at radius 1 is 0.862 bits per heavy atom. The van der Waals surface area contributed by atoms with E-state index in [2.05, 4.69) is 46.5 Å². The number of amides is 1. The molecule has 1 aliphatic heterocycles. The maximum atomic E-state index is 12.6. The molecule has 2 aromatic carbocycles. The monoisotopic (exact) mass is 387 g/mol. The topological polar surface area (TPSA) is 61.4 Å². The molecule has 0 saturated carbocycles. The first-order chi connectivity index (χ1) is 14.1. The second kappa shape index (κ2) is 8.41. The van der Waals surface area contributed by atoms with Crippen LogP contribution in [-0.2, 0) is 0 Å². The summed E-state index contributed by atoms with van der Waals surface area (Å²) in [5.74, 6) is 0.755. The molecular formula is C23H25N5O. The summed E-state index contributed by atoms with van der Waals surface area (Å²) in [5.41, 5.74) is 4.68. The zero-order chi connectivity index (χ0) is 20.2. The molecule has 2 heterocycles. The van der Waals surface area contributed by atoms with Crippen LogP contribution in [0.2, 0.25) is 0 Å². The third-order valence-corrected chi connectivity index (χ3v) is 5.21. The molecule has 1 saturated heterocycles. The number of nitrogens with one attached hydrogen (secondary N) is 1. The number of piperazine rings is 1. The maximum absolute atomic E-state index is 12.6. The number of anilines is 2. The van der Waals surface area contributed by atoms with Crippen molar-refractivity contribution in [2.45, 2.75) is 6.92 Å². The van der Waals surface area contributed by atoms with Gasteiger partial charge in [-0.3, -0.25) is 4.79 Å². The Labute approximate surface area is 171 Å². The smallest absolute Gasteiger partial charge is 0.253 e. The average Bonchev–Trinajstić information content (AvgIpc) is 2.76. The van der Waals surface area contributed by atoms with Gasteiger partial charge in [0.1, 0.15) is 0 Å². The van der Waals surface area contributed by atoms with Crippen LogP contribution in [0.1, 0.15) is 15.9 Å². The summed E-state index contributed by atoms with van der Waals surface area (Å²) in [7, 11) is 2.08. The molecule has 1 N–H and O–H groups in total. The number of likely N-dealkylation sites (N-methyl/N-ethyl adjacent to an activating group) is 1. The van der Waals surface area contributed by atoms with Gasteiger partial charge in [0.2, 0.25) is 0 Å². The molecule has 6 nitrogen and oxygen atoms in total. The van der Waals surface area contributed by atoms with E-state index in [0.29, 0.717) is 11.4 Å². The molecule has 0 atom stereocenters. The highest BCUT2D eigenvalue weighted by molar-refractivity contribution is 5.94. The van der Waals surface area contributed by atoms with E-state index in [-0.39, 0.29) is 5.91 Å². The molecule has 29 heavy (non-hydrogen) atoms. The molecule has 1 fully saturated rings. The molecule has 148 valence electrons. The van der Waals surface area contributed by atoms with Crippen LogP contribution in [0.3, 0.4) is 0 Å². The Kier molecular flexibility index (Phi) is 5.53. The molecule has 1 aromatic heterocycles. The van der Waals surface area contributed by atoms with Crippen LogP contribution in [0.5, 0.6) is 0 Å². The Morgan fingerprint density at radius 2 is 1.55 bits per heavy atom. The van der Waals surface area contributed by atoms with E-state index in [1.54, 1.807) is 0 Å². The van der Waals surface area contributed by atoms with Gasteiger partial charge in [-0.1, -0.05) is 29.8 Å². The third kappa shape index (κ3) is 4.60. The molecule has 0 aliphatic carbocycles. The minimum Gasteiger partial charge on any atom is -0.339 e. The van der Waals surface area contributed by atoms with Crippen LogP contribution in [0, 0.1) is 6.92 Å². The lowest BCUT2D eigenvalue weighted by molar-refractivity contribution is 0.0664. The highest BCUT2D eigenvalue weighted by Gasteiger charge is 2.20. The highest BCUT2D eigenvalue weighted by Crippen LogP contribution is 2.20. The average molecular weight is 387 g/mol. The second-order valence-electron chi connectivity index (χ2n) is 7.47. The van der Waals surface area contributed by atoms with E-state index >= 15 is 0 Å². The van der Waals surface area contributed by atoms with Gasteiger partial charge in [-0.05, 0) is 50.4 Å². The lowest BCUT2D eigenvalue weighted by atomic mass is 10.1. The standard InChI is InChI=1S/C23H25N5O/c1-17-3-5-18(6-4-17)21-11-12-22(26-25-21)24-20-9-7-19(8-10-20)23(29)28-15-13-27(2)14-16-28/h3-12H,13-16H2,1-2H3,(H,24,26). The van der Waals surface area contributed by atoms with Gasteiger partial charge < -0.3 is 15.1 Å². The molecule has 1 aliphatic rings. The number of hydrogen-bond acceptors (Lipinski definition) is 5. The zero-order valence-corrected chi connectivity index (χ0v) is 16.8. The lowest BCUT2D eigenvalue weighted by Crippen LogP contribution is -2.47. The fraction of sp³-hybridized carbons (Fsp3) is 0.261. The van der Waals surface area contributed by atoms with Crippen LogP contribution in [-0.4, -0.2) is 59.1 Å². The molecular weight excluding hydrogens is 362 g/mol. The van der Waals surface area contributed by atoms with E-state index in [1.165, 1.54) is 5.56 Å². The van der Waals surface area contributed by atoms with Crippen LogP contribution in [0.4, 0.5) is 11.5 Å². The molecule has 0 unspecified atom stereocenters. The second-order valence-corrected chi connectivity index (χ2v) is 7.47. The molecule has 6 heteroatoms. The Morgan fingerprint density at radius 3 is 2.17 bits per heavy atom. The van der Waals surface area contributed by atoms with E-state index in [1.807, 2.05) is 53.4 Å². The fourth-order valence-corrected chi connectivity index (χ4v) is 3.31. The van der Waals surface area contributed by atoms with Crippen molar-refractivity contribution in [1.29, 1.82) is 0 Å². The van der Waals surface area contributed by atoms with E-state index in [0.717, 1.165) is 43.1 Å². The zero-order valence-electron chi connectivity index (χ0n) is 16.8. The van der Waals surface area contributed by atoms with E-state index in [9.17, 15) is 4.79 Å². The number of carbonyl (C=O) groups is 1. The van der Waals surface area contributed by atoms with E-state index < -0.39 is 0 Å². The summed E-state index contributed by atoms with van der Waals surface area (Å²) >= 11 is 0. The van der Waals surface area contributed by atoms with Gasteiger partial charge >= 0.3 is 0 Å². The third-order valence-electron chi connectivity index (χ3n) is 5.21. The van der Waals surface area contributed by atoms with Crippen LogP contribution in [0.25, 0.3) is 11.3 Å². The molecule has 1 amide bonds. The predicted octanol–water partition coefficient (Wildman–Crippen LogP) is 3.58. The summed E-state index contributed by atoms with van der Waals surface area (Å²) in [4.78, 5) is 16.8. The Hall–Kier alpha value is -3.25. The molecule has 4 rings (SSSR count). The van der Waals surface area contributed by atoms with Gasteiger partial charge in [-0.25, -0.2) is 0 Å². The van der Waals surface area contributed by atoms with Gasteiger partial charge in [0, 0.05) is 43.0 Å². The normalized spacial score (nSPS) is 14.6. The van der Waals surface area contributed by atoms with Crippen molar-refractivity contribution in [1.82, 2.24) is 20.0 Å². The van der Waals surface area contributed by atoms with Crippen molar-refractivity contribution in [3.05, 3.63) is 71.8 Å². The van der Waals surface area contributed by atoms with Gasteiger partial charge in [-0.15, -0.1) is 10.2 Å².